The lowest BCUT2D eigenvalue weighted by molar-refractivity contribution is -0.120. The van der Waals surface area contributed by atoms with E-state index in [0.29, 0.717) is 15.9 Å². The number of carbonyl (C=O) groups is 1. The van der Waals surface area contributed by atoms with Gasteiger partial charge in [0.05, 0.1) is 23.5 Å². The highest BCUT2D eigenvalue weighted by atomic mass is 35.5. The molecular formula is C24H20ClN3O3S. The van der Waals surface area contributed by atoms with Crippen molar-refractivity contribution in [3.63, 3.8) is 0 Å². The van der Waals surface area contributed by atoms with Crippen LogP contribution >= 0.6 is 22.9 Å². The first-order valence-electron chi connectivity index (χ1n) is 9.78. The molecule has 0 fully saturated rings. The van der Waals surface area contributed by atoms with Gasteiger partial charge in [-0.1, -0.05) is 52.8 Å². The molecule has 4 rings (SSSR count). The number of halogens is 1. The van der Waals surface area contributed by atoms with Gasteiger partial charge in [0.2, 0.25) is 5.13 Å². The Morgan fingerprint density at radius 2 is 1.81 bits per heavy atom. The molecule has 0 aliphatic rings. The van der Waals surface area contributed by atoms with Gasteiger partial charge >= 0.3 is 0 Å². The molecule has 0 aliphatic carbocycles. The molecule has 0 aliphatic heterocycles. The van der Waals surface area contributed by atoms with Crippen LogP contribution in [0.4, 0.5) is 5.13 Å². The topological polar surface area (TPSA) is 64.0 Å². The van der Waals surface area contributed by atoms with E-state index in [2.05, 4.69) is 10.1 Å². The summed E-state index contributed by atoms with van der Waals surface area (Å²) in [7, 11) is 1.61. The molecule has 8 heteroatoms. The van der Waals surface area contributed by atoms with Gasteiger partial charge in [-0.2, -0.15) is 10.1 Å². The first kappa shape index (κ1) is 21.8. The largest absolute Gasteiger partial charge is 0.497 e. The number of hydrogen-bond acceptors (Lipinski definition) is 6. The van der Waals surface area contributed by atoms with Gasteiger partial charge in [0.15, 0.2) is 6.61 Å². The van der Waals surface area contributed by atoms with Gasteiger partial charge in [-0.25, -0.2) is 4.98 Å². The zero-order valence-electron chi connectivity index (χ0n) is 17.5. The third-order valence-corrected chi connectivity index (χ3v) is 5.82. The molecule has 1 aromatic heterocycles. The summed E-state index contributed by atoms with van der Waals surface area (Å²) in [6.45, 7) is 1.81. The number of hydrazone groups is 1. The van der Waals surface area contributed by atoms with Gasteiger partial charge in [0.25, 0.3) is 5.91 Å². The molecule has 0 bridgehead atoms. The summed E-state index contributed by atoms with van der Waals surface area (Å²) in [5.74, 6) is 0.911. The molecule has 0 radical (unpaired) electrons. The van der Waals surface area contributed by atoms with Crippen molar-refractivity contribution >= 4 is 50.4 Å². The fourth-order valence-electron chi connectivity index (χ4n) is 2.84. The van der Waals surface area contributed by atoms with E-state index in [0.717, 1.165) is 27.1 Å². The molecule has 1 heterocycles. The summed E-state index contributed by atoms with van der Waals surface area (Å²) in [6, 6.07) is 20.2. The number of anilines is 1. The maximum Gasteiger partial charge on any atom is 0.287 e. The van der Waals surface area contributed by atoms with Crippen molar-refractivity contribution in [2.45, 2.75) is 6.92 Å². The molecule has 162 valence electrons. The number of rotatable bonds is 7. The van der Waals surface area contributed by atoms with Gasteiger partial charge in [-0.15, -0.1) is 0 Å². The zero-order chi connectivity index (χ0) is 22.5. The molecule has 0 spiro atoms. The van der Waals surface area contributed by atoms with E-state index in [1.807, 2.05) is 49.4 Å². The van der Waals surface area contributed by atoms with E-state index in [1.165, 1.54) is 16.3 Å². The number of nitrogens with zero attached hydrogens (tertiary/aromatic N) is 3. The molecule has 32 heavy (non-hydrogen) atoms. The maximum atomic E-state index is 13.1. The average Bonchev–Trinajstić information content (AvgIpc) is 3.22. The van der Waals surface area contributed by atoms with Crippen molar-refractivity contribution in [2.75, 3.05) is 18.7 Å². The van der Waals surface area contributed by atoms with Gasteiger partial charge in [0, 0.05) is 5.02 Å². The number of methoxy groups -OCH3 is 1. The second-order valence-corrected chi connectivity index (χ2v) is 8.38. The first-order valence-corrected chi connectivity index (χ1v) is 11.0. The van der Waals surface area contributed by atoms with Gasteiger partial charge in [0.1, 0.15) is 11.5 Å². The summed E-state index contributed by atoms with van der Waals surface area (Å²) in [4.78, 5) is 17.6. The number of fused-ring (bicyclic) bond motifs is 1. The van der Waals surface area contributed by atoms with E-state index in [-0.39, 0.29) is 12.5 Å². The van der Waals surface area contributed by atoms with Crippen molar-refractivity contribution in [2.24, 2.45) is 5.10 Å². The lowest BCUT2D eigenvalue weighted by Crippen LogP contribution is -2.30. The molecule has 6 nitrogen and oxygen atoms in total. The average molecular weight is 466 g/mol. The normalized spacial score (nSPS) is 11.1. The Morgan fingerprint density at radius 3 is 2.53 bits per heavy atom. The second-order valence-electron chi connectivity index (χ2n) is 6.93. The zero-order valence-corrected chi connectivity index (χ0v) is 19.1. The Kier molecular flexibility index (Phi) is 6.68. The van der Waals surface area contributed by atoms with E-state index >= 15 is 0 Å². The van der Waals surface area contributed by atoms with Crippen molar-refractivity contribution < 1.29 is 14.3 Å². The van der Waals surface area contributed by atoms with Crippen LogP contribution < -0.4 is 14.5 Å². The smallest absolute Gasteiger partial charge is 0.287 e. The van der Waals surface area contributed by atoms with Gasteiger partial charge in [-0.05, 0) is 55.0 Å². The highest BCUT2D eigenvalue weighted by Gasteiger charge is 2.20. The molecule has 3 aromatic carbocycles. The van der Waals surface area contributed by atoms with Crippen LogP contribution in [0.15, 0.2) is 71.8 Å². The van der Waals surface area contributed by atoms with Crippen LogP contribution in [0.3, 0.4) is 0 Å². The highest BCUT2D eigenvalue weighted by molar-refractivity contribution is 7.22. The second kappa shape index (κ2) is 9.80. The van der Waals surface area contributed by atoms with Gasteiger partial charge < -0.3 is 9.47 Å². The van der Waals surface area contributed by atoms with Crippen molar-refractivity contribution in [3.05, 3.63) is 82.9 Å². The monoisotopic (exact) mass is 465 g/mol. The quantitative estimate of drug-likeness (QED) is 0.259. The minimum atomic E-state index is -0.352. The molecule has 4 aromatic rings. The third kappa shape index (κ3) is 5.25. The van der Waals surface area contributed by atoms with Crippen LogP contribution in [0.25, 0.3) is 10.2 Å². The molecule has 1 amide bonds. The Bertz CT molecular complexity index is 1250. The van der Waals surface area contributed by atoms with E-state index in [1.54, 1.807) is 37.6 Å². The summed E-state index contributed by atoms with van der Waals surface area (Å²) >= 11 is 7.26. The minimum absolute atomic E-state index is 0.202. The Labute approximate surface area is 194 Å². The SMILES string of the molecule is COc1ccc2nc(N(/N=C/c3ccc(C)cc3)C(=O)COc3ccc(Cl)cc3)sc2c1. The number of thiazole rings is 1. The lowest BCUT2D eigenvalue weighted by atomic mass is 10.2. The Morgan fingerprint density at radius 1 is 1.09 bits per heavy atom. The van der Waals surface area contributed by atoms with Crippen molar-refractivity contribution in [1.29, 1.82) is 0 Å². The van der Waals surface area contributed by atoms with Crippen LogP contribution in [-0.4, -0.2) is 30.8 Å². The number of aromatic nitrogens is 1. The lowest BCUT2D eigenvalue weighted by Gasteiger charge is -2.14. The maximum absolute atomic E-state index is 13.1. The van der Waals surface area contributed by atoms with Crippen LogP contribution in [0, 0.1) is 6.92 Å². The fourth-order valence-corrected chi connectivity index (χ4v) is 3.94. The number of hydrogen-bond donors (Lipinski definition) is 0. The minimum Gasteiger partial charge on any atom is -0.497 e. The number of ether oxygens (including phenoxy) is 2. The number of benzene rings is 3. The predicted octanol–water partition coefficient (Wildman–Crippen LogP) is 5.71. The van der Waals surface area contributed by atoms with E-state index in [9.17, 15) is 4.79 Å². The number of amides is 1. The third-order valence-electron chi connectivity index (χ3n) is 4.58. The molecule has 0 saturated carbocycles. The summed E-state index contributed by atoms with van der Waals surface area (Å²) in [6.07, 6.45) is 1.63. The van der Waals surface area contributed by atoms with E-state index < -0.39 is 0 Å². The highest BCUT2D eigenvalue weighted by Crippen LogP contribution is 2.32. The molecule has 0 unspecified atom stereocenters. The van der Waals surface area contributed by atoms with Crippen LogP contribution in [-0.2, 0) is 4.79 Å². The van der Waals surface area contributed by atoms with Crippen molar-refractivity contribution in [1.82, 2.24) is 4.98 Å². The Hall–Kier alpha value is -3.42. The summed E-state index contributed by atoms with van der Waals surface area (Å²) < 4.78 is 11.8. The standard InChI is InChI=1S/C24H20ClN3O3S/c1-16-3-5-17(6-4-16)14-26-28(23(29)15-31-19-9-7-18(25)8-10-19)24-27-21-12-11-20(30-2)13-22(21)32-24/h3-14H,15H2,1-2H3/b26-14+. The van der Waals surface area contributed by atoms with Crippen molar-refractivity contribution in [3.8, 4) is 11.5 Å². The van der Waals surface area contributed by atoms with Gasteiger partial charge in [-0.3, -0.25) is 4.79 Å². The number of carbonyl (C=O) groups excluding carboxylic acids is 1. The molecule has 0 N–H and O–H groups in total. The van der Waals surface area contributed by atoms with E-state index in [4.69, 9.17) is 21.1 Å². The first-order chi connectivity index (χ1) is 15.5. The fraction of sp³-hybridized carbons (Fsp3) is 0.125. The molecular weight excluding hydrogens is 446 g/mol. The Balaban J connectivity index is 1.61. The number of aryl methyl sites for hydroxylation is 1. The molecule has 0 saturated heterocycles. The summed E-state index contributed by atoms with van der Waals surface area (Å²) in [5.41, 5.74) is 2.77. The van der Waals surface area contributed by atoms with Crippen LogP contribution in [0.1, 0.15) is 11.1 Å². The predicted molar refractivity (Wildman–Crippen MR) is 129 cm³/mol. The van der Waals surface area contributed by atoms with Crippen LogP contribution in [0.2, 0.25) is 5.02 Å². The molecule has 0 atom stereocenters. The summed E-state index contributed by atoms with van der Waals surface area (Å²) in [5, 5.41) is 6.74. The van der Waals surface area contributed by atoms with Crippen LogP contribution in [0.5, 0.6) is 11.5 Å².